The molecule has 0 aliphatic heterocycles. The number of carbonyl (C=O) groups is 4. The summed E-state index contributed by atoms with van der Waals surface area (Å²) >= 11 is 5.18. The van der Waals surface area contributed by atoms with Gasteiger partial charge in [0.2, 0.25) is 17.7 Å². The molecule has 0 aliphatic rings. The number of ether oxygens (including phenoxy) is 6. The van der Waals surface area contributed by atoms with Crippen molar-refractivity contribution in [3.8, 4) is 42.8 Å². The number of benzene rings is 1. The molecule has 1 unspecified atom stereocenters. The highest BCUT2D eigenvalue weighted by molar-refractivity contribution is 8.09. The van der Waals surface area contributed by atoms with E-state index in [1.165, 1.54) is 12.1 Å². The minimum absolute atomic E-state index is 0.0589. The lowest BCUT2D eigenvalue weighted by Gasteiger charge is -2.35. The molecule has 59 heavy (non-hydrogen) atoms. The third-order valence-corrected chi connectivity index (χ3v) is 11.4. The Balaban J connectivity index is 3.18. The van der Waals surface area contributed by atoms with Crippen molar-refractivity contribution in [1.82, 2.24) is 21.3 Å². The minimum Gasteiger partial charge on any atom is -0.791 e. The predicted molar refractivity (Wildman–Crippen MR) is 225 cm³/mol. The van der Waals surface area contributed by atoms with E-state index in [9.17, 15) is 24.1 Å². The molecule has 4 N–H and O–H groups in total. The van der Waals surface area contributed by atoms with E-state index >= 15 is 0 Å². The van der Waals surface area contributed by atoms with Crippen molar-refractivity contribution in [2.24, 2.45) is 0 Å². The van der Waals surface area contributed by atoms with Crippen molar-refractivity contribution >= 4 is 41.9 Å². The van der Waals surface area contributed by atoms with Crippen LogP contribution < -0.4 is 30.7 Å². The molecule has 1 aromatic rings. The molecule has 18 heteroatoms. The number of rotatable bonds is 35. The first kappa shape index (κ1) is 53.0. The molecule has 0 saturated carbocycles. The highest BCUT2D eigenvalue weighted by atomic mass is 32.5. The maximum absolute atomic E-state index is 14.0. The molecule has 328 valence electrons. The van der Waals surface area contributed by atoms with Gasteiger partial charge in [-0.05, 0) is 37.5 Å². The average molecular weight is 864 g/mol. The third-order valence-electron chi connectivity index (χ3n) is 8.21. The Morgan fingerprint density at radius 2 is 1.07 bits per heavy atom. The summed E-state index contributed by atoms with van der Waals surface area (Å²) in [5.74, 6) is 5.68. The van der Waals surface area contributed by atoms with E-state index in [1.54, 1.807) is 26.0 Å². The summed E-state index contributed by atoms with van der Waals surface area (Å²) in [6, 6.07) is 6.06. The quantitative estimate of drug-likeness (QED) is 0.0433. The number of nitrogens with one attached hydrogen (secondary N) is 4. The van der Waals surface area contributed by atoms with Crippen molar-refractivity contribution in [2.75, 3.05) is 98.9 Å². The van der Waals surface area contributed by atoms with Crippen LogP contribution >= 0.6 is 6.49 Å². The van der Waals surface area contributed by atoms with Crippen LogP contribution in [0.1, 0.15) is 62.7 Å². The molecular formula is C41H60N4O12PS-. The predicted octanol–water partition coefficient (Wildman–Crippen LogP) is 1.30. The number of hydrogen-bond acceptors (Lipinski definition) is 13. The maximum atomic E-state index is 14.0. The second-order valence-electron chi connectivity index (χ2n) is 13.1. The number of carbonyl (C=O) groups excluding carboxylic acids is 4. The molecule has 0 saturated heterocycles. The van der Waals surface area contributed by atoms with Crippen LogP contribution in [0.4, 0.5) is 0 Å². The number of amides is 4. The van der Waals surface area contributed by atoms with E-state index in [-0.39, 0.29) is 127 Å². The molecule has 1 aromatic carbocycles. The van der Waals surface area contributed by atoms with Crippen molar-refractivity contribution < 1.29 is 57.0 Å². The Kier molecular flexibility index (Phi) is 29.4. The van der Waals surface area contributed by atoms with Crippen LogP contribution in [-0.4, -0.2) is 134 Å². The van der Waals surface area contributed by atoms with Crippen LogP contribution in [0.2, 0.25) is 0 Å². The summed E-state index contributed by atoms with van der Waals surface area (Å²) in [5.41, 5.74) is -1.52. The summed E-state index contributed by atoms with van der Waals surface area (Å²) in [7, 11) is 0. The van der Waals surface area contributed by atoms with Crippen molar-refractivity contribution in [3.63, 3.8) is 0 Å². The minimum atomic E-state index is -3.45. The lowest BCUT2D eigenvalue weighted by atomic mass is 9.82. The number of terminal acetylenes is 3. The Morgan fingerprint density at radius 3 is 1.44 bits per heavy atom. The second kappa shape index (κ2) is 32.8. The largest absolute Gasteiger partial charge is 0.791 e. The fraction of sp³-hybridized carbons (Fsp3) is 0.610. The highest BCUT2D eigenvalue weighted by Crippen LogP contribution is 2.43. The van der Waals surface area contributed by atoms with Gasteiger partial charge in [-0.1, -0.05) is 49.5 Å². The van der Waals surface area contributed by atoms with E-state index in [4.69, 9.17) is 64.0 Å². The molecule has 0 heterocycles. The molecule has 0 bridgehead atoms. The van der Waals surface area contributed by atoms with E-state index in [0.29, 0.717) is 39.6 Å². The molecular weight excluding hydrogens is 804 g/mol. The zero-order chi connectivity index (χ0) is 43.6. The average Bonchev–Trinajstić information content (AvgIpc) is 3.21. The van der Waals surface area contributed by atoms with Crippen LogP contribution in [0, 0.1) is 37.0 Å². The molecule has 0 fully saturated rings. The summed E-state index contributed by atoms with van der Waals surface area (Å²) in [6.07, 6.45) is 15.5. The van der Waals surface area contributed by atoms with Gasteiger partial charge in [-0.15, -0.1) is 19.3 Å². The normalized spacial score (nSPS) is 12.0. The van der Waals surface area contributed by atoms with Crippen LogP contribution in [0.25, 0.3) is 0 Å². The zero-order valence-electron chi connectivity index (χ0n) is 34.2. The lowest BCUT2D eigenvalue weighted by Crippen LogP contribution is -2.50. The molecule has 1 atom stereocenters. The van der Waals surface area contributed by atoms with Crippen LogP contribution in [0.5, 0.6) is 5.75 Å². The van der Waals surface area contributed by atoms with E-state index < -0.39 is 23.6 Å². The monoisotopic (exact) mass is 863 g/mol. The molecule has 1 rings (SSSR count). The highest BCUT2D eigenvalue weighted by Gasteiger charge is 2.34. The fourth-order valence-electron chi connectivity index (χ4n) is 4.99. The Morgan fingerprint density at radius 1 is 0.678 bits per heavy atom. The standard InChI is InChI=1S/C41H61N4O12PS/c1-6-21-51-27-30-54-24-18-42-37(46)12-15-41(16-13-38(47)43-19-25-55-31-28-52-22-7-2,17-14-39(48)44-20-26-56-32-29-53-23-8-3)45-40(49)35-10-9-11-36(33-35)57-58(50,59)34(4)5/h1-3,9-11,33-34H,12-32H2,4-5H3,(H,42,46)(H,43,47)(H,44,48)(H,45,49)(H,50,59)/p-1. The second-order valence-corrected chi connectivity index (χ2v) is 17.0. The number of hydrogen-bond donors (Lipinski definition) is 4. The smallest absolute Gasteiger partial charge is 0.251 e. The van der Waals surface area contributed by atoms with Gasteiger partial charge >= 0.3 is 0 Å². The lowest BCUT2D eigenvalue weighted by molar-refractivity contribution is -0.177. The summed E-state index contributed by atoms with van der Waals surface area (Å²) in [4.78, 5) is 66.1. The molecule has 0 spiro atoms. The molecule has 16 nitrogen and oxygen atoms in total. The Labute approximate surface area is 354 Å². The topological polar surface area (TPSA) is 204 Å². The fourth-order valence-corrected chi connectivity index (χ4v) is 5.86. The Hall–Kier alpha value is -4.05. The first-order valence-corrected chi connectivity index (χ1v) is 22.1. The van der Waals surface area contributed by atoms with Gasteiger partial charge < -0.3 is 59.1 Å². The summed E-state index contributed by atoms with van der Waals surface area (Å²) in [6.45, 7) is 3.56. The van der Waals surface area contributed by atoms with Crippen molar-refractivity contribution in [1.29, 1.82) is 0 Å². The van der Waals surface area contributed by atoms with Crippen LogP contribution in [0.3, 0.4) is 0 Å². The van der Waals surface area contributed by atoms with Gasteiger partial charge in [-0.25, -0.2) is 0 Å². The molecule has 0 radical (unpaired) electrons. The van der Waals surface area contributed by atoms with Gasteiger partial charge in [0.25, 0.3) is 5.91 Å². The zero-order valence-corrected chi connectivity index (χ0v) is 35.9. The summed E-state index contributed by atoms with van der Waals surface area (Å²) < 4.78 is 37.5. The van der Waals surface area contributed by atoms with Gasteiger partial charge in [0.15, 0.2) is 0 Å². The molecule has 0 aromatic heterocycles. The van der Waals surface area contributed by atoms with Gasteiger partial charge in [0.05, 0.1) is 59.5 Å². The van der Waals surface area contributed by atoms with Crippen molar-refractivity contribution in [2.45, 2.75) is 63.6 Å². The third kappa shape index (κ3) is 26.6. The Bertz CT molecular complexity index is 1460. The first-order valence-electron chi connectivity index (χ1n) is 19.4. The van der Waals surface area contributed by atoms with Gasteiger partial charge in [-0.3, -0.25) is 19.2 Å². The molecule has 0 aliphatic carbocycles. The maximum Gasteiger partial charge on any atom is 0.251 e. The van der Waals surface area contributed by atoms with Gasteiger partial charge in [-0.2, -0.15) is 0 Å². The molecule has 4 amide bonds. The van der Waals surface area contributed by atoms with Gasteiger partial charge in [0.1, 0.15) is 25.6 Å². The van der Waals surface area contributed by atoms with E-state index in [2.05, 4.69) is 39.0 Å². The van der Waals surface area contributed by atoms with Crippen LogP contribution in [0.15, 0.2) is 24.3 Å². The first-order chi connectivity index (χ1) is 28.4. The van der Waals surface area contributed by atoms with E-state index in [1.807, 2.05) is 0 Å². The summed E-state index contributed by atoms with van der Waals surface area (Å²) in [5, 5.41) is 11.4. The van der Waals surface area contributed by atoms with Gasteiger partial charge in [0, 0.05) is 62.1 Å². The van der Waals surface area contributed by atoms with E-state index in [0.717, 1.165) is 0 Å². The van der Waals surface area contributed by atoms with Crippen molar-refractivity contribution in [3.05, 3.63) is 29.8 Å². The van der Waals surface area contributed by atoms with Crippen LogP contribution in [-0.2, 0) is 54.6 Å². The SMILES string of the molecule is C#CCOCCOCCNC(=O)CCC(CCC(=O)NCCOCCOCC#C)(CCC(=O)NCCOCCOCC#C)NC(=O)c1cccc(OP([O-])(=S)C(C)C)c1.